The molecule has 0 radical (unpaired) electrons. The molecule has 1 aliphatic heterocycles. The minimum Gasteiger partial charge on any atom is -0.485 e. The number of fused-ring (bicyclic) bond motifs is 1. The first-order valence-electron chi connectivity index (χ1n) is 8.38. The van der Waals surface area contributed by atoms with Gasteiger partial charge in [0.25, 0.3) is 5.91 Å². The highest BCUT2D eigenvalue weighted by Gasteiger charge is 2.28. The fourth-order valence-electron chi connectivity index (χ4n) is 2.76. The number of nitrogens with one attached hydrogen (secondary N) is 1. The Bertz CT molecular complexity index is 924. The van der Waals surface area contributed by atoms with Crippen molar-refractivity contribution in [1.82, 2.24) is 4.98 Å². The van der Waals surface area contributed by atoms with Crippen LogP contribution in [0.15, 0.2) is 54.6 Å². The maximum absolute atomic E-state index is 12.5. The molecule has 6 heteroatoms. The number of aryl methyl sites for hydroxylation is 1. The largest absolute Gasteiger partial charge is 0.485 e. The highest BCUT2D eigenvalue weighted by Crippen LogP contribution is 2.31. The normalized spacial score (nSPS) is 15.5. The summed E-state index contributed by atoms with van der Waals surface area (Å²) in [7, 11) is 0. The number of para-hydroxylation sites is 2. The molecule has 132 valence electrons. The molecule has 2 aromatic carbocycles. The second kappa shape index (κ2) is 7.17. The summed E-state index contributed by atoms with van der Waals surface area (Å²) >= 11 is 1.49. The zero-order chi connectivity index (χ0) is 17.9. The molecular formula is C20H18N2O3S. The van der Waals surface area contributed by atoms with Gasteiger partial charge >= 0.3 is 0 Å². The Morgan fingerprint density at radius 1 is 1.15 bits per heavy atom. The quantitative estimate of drug-likeness (QED) is 0.763. The minimum absolute atomic E-state index is 0.185. The summed E-state index contributed by atoms with van der Waals surface area (Å²) in [6, 6.07) is 17.5. The molecule has 1 amide bonds. The van der Waals surface area contributed by atoms with Gasteiger partial charge in [-0.2, -0.15) is 0 Å². The summed E-state index contributed by atoms with van der Waals surface area (Å²) in [6.45, 7) is 2.14. The monoisotopic (exact) mass is 366 g/mol. The van der Waals surface area contributed by atoms with E-state index in [1.165, 1.54) is 16.9 Å². The van der Waals surface area contributed by atoms with E-state index in [1.807, 2.05) is 43.3 Å². The molecular weight excluding hydrogens is 348 g/mol. The fourth-order valence-corrected chi connectivity index (χ4v) is 3.76. The Balaban J connectivity index is 1.43. The Kier molecular flexibility index (Phi) is 4.58. The Morgan fingerprint density at radius 3 is 2.69 bits per heavy atom. The van der Waals surface area contributed by atoms with E-state index in [0.29, 0.717) is 16.6 Å². The summed E-state index contributed by atoms with van der Waals surface area (Å²) < 4.78 is 11.3. The number of thiazole rings is 1. The van der Waals surface area contributed by atoms with Crippen LogP contribution in [0.2, 0.25) is 0 Å². The van der Waals surface area contributed by atoms with Crippen LogP contribution in [0.4, 0.5) is 5.13 Å². The first-order valence-corrected chi connectivity index (χ1v) is 9.20. The van der Waals surface area contributed by atoms with E-state index in [2.05, 4.69) is 22.4 Å². The Labute approximate surface area is 155 Å². The molecule has 0 saturated heterocycles. The third kappa shape index (κ3) is 3.55. The second-order valence-electron chi connectivity index (χ2n) is 6.04. The first-order chi connectivity index (χ1) is 12.7. The zero-order valence-corrected chi connectivity index (χ0v) is 15.1. The van der Waals surface area contributed by atoms with Crippen LogP contribution >= 0.6 is 11.3 Å². The van der Waals surface area contributed by atoms with Gasteiger partial charge in [0.15, 0.2) is 16.6 Å². The third-order valence-corrected chi connectivity index (χ3v) is 5.20. The predicted octanol–water partition coefficient (Wildman–Crippen LogP) is 3.82. The van der Waals surface area contributed by atoms with Crippen LogP contribution < -0.4 is 14.8 Å². The van der Waals surface area contributed by atoms with Crippen LogP contribution in [-0.2, 0) is 11.2 Å². The predicted molar refractivity (Wildman–Crippen MR) is 101 cm³/mol. The van der Waals surface area contributed by atoms with E-state index in [4.69, 9.17) is 9.47 Å². The molecule has 1 aliphatic rings. The number of amides is 1. The SMILES string of the molecule is Cc1nc(NC(=O)[C@H]2COc3ccccc3O2)sc1Cc1ccccc1. The van der Waals surface area contributed by atoms with Crippen molar-refractivity contribution in [2.45, 2.75) is 19.4 Å². The van der Waals surface area contributed by atoms with Crippen LogP contribution in [0.1, 0.15) is 16.1 Å². The minimum atomic E-state index is -0.688. The summed E-state index contributed by atoms with van der Waals surface area (Å²) in [5.41, 5.74) is 2.15. The Morgan fingerprint density at radius 2 is 1.88 bits per heavy atom. The van der Waals surface area contributed by atoms with Gasteiger partial charge in [-0.3, -0.25) is 10.1 Å². The van der Waals surface area contributed by atoms with Gasteiger partial charge in [0.05, 0.1) is 5.69 Å². The number of rotatable bonds is 4. The standard InChI is InChI=1S/C20H18N2O3S/c1-13-18(11-14-7-3-2-4-8-14)26-20(21-13)22-19(23)17-12-24-15-9-5-6-10-16(15)25-17/h2-10,17H,11-12H2,1H3,(H,21,22,23)/t17-/m1/s1. The third-order valence-electron chi connectivity index (χ3n) is 4.13. The van der Waals surface area contributed by atoms with Crippen LogP contribution in [0.5, 0.6) is 11.5 Å². The van der Waals surface area contributed by atoms with Crippen molar-refractivity contribution in [3.8, 4) is 11.5 Å². The van der Waals surface area contributed by atoms with Gasteiger partial charge in [-0.15, -0.1) is 11.3 Å². The lowest BCUT2D eigenvalue weighted by Crippen LogP contribution is -2.40. The number of anilines is 1. The molecule has 1 atom stereocenters. The molecule has 2 heterocycles. The number of ether oxygens (including phenoxy) is 2. The van der Waals surface area contributed by atoms with Crippen molar-refractivity contribution in [3.05, 3.63) is 70.7 Å². The summed E-state index contributed by atoms with van der Waals surface area (Å²) in [4.78, 5) is 18.1. The maximum Gasteiger partial charge on any atom is 0.270 e. The highest BCUT2D eigenvalue weighted by atomic mass is 32.1. The molecule has 0 bridgehead atoms. The smallest absolute Gasteiger partial charge is 0.270 e. The van der Waals surface area contributed by atoms with Crippen LogP contribution in [0.25, 0.3) is 0 Å². The fraction of sp³-hybridized carbons (Fsp3) is 0.200. The van der Waals surface area contributed by atoms with Gasteiger partial charge in [-0.05, 0) is 24.6 Å². The van der Waals surface area contributed by atoms with Crippen molar-refractivity contribution in [2.24, 2.45) is 0 Å². The molecule has 0 saturated carbocycles. The number of carbonyl (C=O) groups is 1. The van der Waals surface area contributed by atoms with Crippen LogP contribution in [0.3, 0.4) is 0 Å². The number of carbonyl (C=O) groups excluding carboxylic acids is 1. The summed E-state index contributed by atoms with van der Waals surface area (Å²) in [6.07, 6.45) is 0.114. The van der Waals surface area contributed by atoms with Gasteiger partial charge in [0.2, 0.25) is 6.10 Å². The van der Waals surface area contributed by atoms with E-state index in [9.17, 15) is 4.79 Å². The Hall–Kier alpha value is -2.86. The molecule has 0 fully saturated rings. The number of hydrogen-bond acceptors (Lipinski definition) is 5. The van der Waals surface area contributed by atoms with E-state index >= 15 is 0 Å². The van der Waals surface area contributed by atoms with Crippen molar-refractivity contribution < 1.29 is 14.3 Å². The van der Waals surface area contributed by atoms with Crippen molar-refractivity contribution in [1.29, 1.82) is 0 Å². The molecule has 0 aliphatic carbocycles. The number of benzene rings is 2. The summed E-state index contributed by atoms with van der Waals surface area (Å²) in [5, 5.41) is 3.44. The molecule has 0 unspecified atom stereocenters. The topological polar surface area (TPSA) is 60.5 Å². The average Bonchev–Trinajstić information content (AvgIpc) is 3.01. The van der Waals surface area contributed by atoms with Gasteiger partial charge in [0.1, 0.15) is 6.61 Å². The molecule has 1 N–H and O–H groups in total. The lowest BCUT2D eigenvalue weighted by Gasteiger charge is -2.25. The van der Waals surface area contributed by atoms with Gasteiger partial charge < -0.3 is 9.47 Å². The second-order valence-corrected chi connectivity index (χ2v) is 7.13. The van der Waals surface area contributed by atoms with Gasteiger partial charge in [-0.25, -0.2) is 4.98 Å². The molecule has 26 heavy (non-hydrogen) atoms. The molecule has 5 nitrogen and oxygen atoms in total. The lowest BCUT2D eigenvalue weighted by molar-refractivity contribution is -0.125. The average molecular weight is 366 g/mol. The first kappa shape index (κ1) is 16.6. The van der Waals surface area contributed by atoms with Crippen molar-refractivity contribution in [3.63, 3.8) is 0 Å². The van der Waals surface area contributed by atoms with E-state index in [1.54, 1.807) is 6.07 Å². The van der Waals surface area contributed by atoms with E-state index in [0.717, 1.165) is 17.0 Å². The zero-order valence-electron chi connectivity index (χ0n) is 14.3. The summed E-state index contributed by atoms with van der Waals surface area (Å²) in [5.74, 6) is 0.991. The number of nitrogens with zero attached hydrogens (tertiary/aromatic N) is 1. The van der Waals surface area contributed by atoms with Crippen LogP contribution in [0, 0.1) is 6.92 Å². The maximum atomic E-state index is 12.5. The molecule has 3 aromatic rings. The molecule has 1 aromatic heterocycles. The van der Waals surface area contributed by atoms with Crippen molar-refractivity contribution in [2.75, 3.05) is 11.9 Å². The van der Waals surface area contributed by atoms with Gasteiger partial charge in [0, 0.05) is 11.3 Å². The number of hydrogen-bond donors (Lipinski definition) is 1. The van der Waals surface area contributed by atoms with E-state index < -0.39 is 6.10 Å². The van der Waals surface area contributed by atoms with Gasteiger partial charge in [-0.1, -0.05) is 42.5 Å². The number of aromatic nitrogens is 1. The molecule has 4 rings (SSSR count). The highest BCUT2D eigenvalue weighted by molar-refractivity contribution is 7.15. The van der Waals surface area contributed by atoms with E-state index in [-0.39, 0.29) is 12.5 Å². The molecule has 0 spiro atoms. The lowest BCUT2D eigenvalue weighted by atomic mass is 10.1. The van der Waals surface area contributed by atoms with Crippen molar-refractivity contribution >= 4 is 22.4 Å². The van der Waals surface area contributed by atoms with Crippen LogP contribution in [-0.4, -0.2) is 23.6 Å².